The van der Waals surface area contributed by atoms with Crippen molar-refractivity contribution >= 4 is 34.6 Å². The molecule has 3 aromatic heterocycles. The number of imidazole rings is 1. The molecule has 0 radical (unpaired) electrons. The maximum atomic E-state index is 12.2. The fourth-order valence-electron chi connectivity index (χ4n) is 2.65. The van der Waals surface area contributed by atoms with Gasteiger partial charge in [0.25, 0.3) is 5.91 Å². The van der Waals surface area contributed by atoms with E-state index in [1.54, 1.807) is 12.3 Å². The van der Waals surface area contributed by atoms with Gasteiger partial charge in [0.05, 0.1) is 11.1 Å². The number of thiophene rings is 1. The van der Waals surface area contributed by atoms with Crippen LogP contribution in [0, 0.1) is 5.92 Å². The molecule has 6 nitrogen and oxygen atoms in total. The van der Waals surface area contributed by atoms with E-state index in [1.807, 2.05) is 28.1 Å². The van der Waals surface area contributed by atoms with Gasteiger partial charge in [0, 0.05) is 18.7 Å². The molecular weight excluding hydrogens is 355 g/mol. The topological polar surface area (TPSA) is 75.5 Å². The van der Waals surface area contributed by atoms with Gasteiger partial charge in [-0.2, -0.15) is 0 Å². The van der Waals surface area contributed by atoms with E-state index in [-0.39, 0.29) is 24.3 Å². The molecule has 1 aliphatic rings. The predicted octanol–water partition coefficient (Wildman–Crippen LogP) is 3.11. The number of nitrogens with one attached hydrogen (secondary N) is 2. The molecule has 8 heteroatoms. The molecule has 2 N–H and O–H groups in total. The molecule has 3 aromatic rings. The molecular formula is C18H17FN4O2S. The lowest BCUT2D eigenvalue weighted by molar-refractivity contribution is -0.117. The number of hydrogen-bond acceptors (Lipinski definition) is 4. The first-order chi connectivity index (χ1) is 12.6. The lowest BCUT2D eigenvalue weighted by Gasteiger charge is -2.00. The number of amides is 2. The number of alkyl halides is 1. The summed E-state index contributed by atoms with van der Waals surface area (Å²) in [5.74, 6) is 0.418. The zero-order chi connectivity index (χ0) is 18.1. The van der Waals surface area contributed by atoms with Crippen LogP contribution in [0.4, 0.5) is 10.2 Å². The quantitative estimate of drug-likeness (QED) is 0.698. The van der Waals surface area contributed by atoms with Crippen LogP contribution in [0.25, 0.3) is 16.8 Å². The zero-order valence-corrected chi connectivity index (χ0v) is 14.7. The molecule has 4 rings (SSSR count). The summed E-state index contributed by atoms with van der Waals surface area (Å²) in [5, 5.41) is 7.25. The van der Waals surface area contributed by atoms with Crippen molar-refractivity contribution in [2.75, 3.05) is 18.5 Å². The summed E-state index contributed by atoms with van der Waals surface area (Å²) in [4.78, 5) is 28.7. The van der Waals surface area contributed by atoms with Crippen LogP contribution in [-0.2, 0) is 4.79 Å². The second kappa shape index (κ2) is 6.87. The number of halogens is 1. The van der Waals surface area contributed by atoms with E-state index < -0.39 is 6.67 Å². The lowest BCUT2D eigenvalue weighted by atomic mass is 10.1. The summed E-state index contributed by atoms with van der Waals surface area (Å²) in [6.07, 6.45) is 5.58. The third kappa shape index (κ3) is 3.45. The third-order valence-corrected chi connectivity index (χ3v) is 5.12. The van der Waals surface area contributed by atoms with E-state index in [2.05, 4.69) is 15.6 Å². The Morgan fingerprint density at radius 2 is 2.12 bits per heavy atom. The Labute approximate surface area is 153 Å². The van der Waals surface area contributed by atoms with Crippen LogP contribution in [0.3, 0.4) is 0 Å². The minimum absolute atomic E-state index is 0.0163. The van der Waals surface area contributed by atoms with Gasteiger partial charge in [0.1, 0.15) is 12.3 Å². The van der Waals surface area contributed by atoms with Crippen LogP contribution >= 0.6 is 11.3 Å². The number of carbonyl (C=O) groups is 2. The lowest BCUT2D eigenvalue weighted by Crippen LogP contribution is -2.24. The molecule has 0 spiro atoms. The number of carbonyl (C=O) groups excluding carboxylic acids is 2. The van der Waals surface area contributed by atoms with Crippen LogP contribution in [0.5, 0.6) is 0 Å². The van der Waals surface area contributed by atoms with Gasteiger partial charge in [-0.25, -0.2) is 9.37 Å². The molecule has 2 amide bonds. The van der Waals surface area contributed by atoms with Crippen molar-refractivity contribution in [2.24, 2.45) is 5.92 Å². The average Bonchev–Trinajstić information content (AvgIpc) is 3.24. The van der Waals surface area contributed by atoms with Gasteiger partial charge in [0.15, 0.2) is 5.82 Å². The molecule has 0 bridgehead atoms. The largest absolute Gasteiger partial charge is 0.349 e. The van der Waals surface area contributed by atoms with E-state index in [4.69, 9.17) is 0 Å². The van der Waals surface area contributed by atoms with Gasteiger partial charge in [-0.05, 0) is 47.5 Å². The molecule has 134 valence electrons. The number of pyridine rings is 1. The number of nitrogens with zero attached hydrogens (tertiary/aromatic N) is 2. The maximum absolute atomic E-state index is 12.2. The first-order valence-corrected chi connectivity index (χ1v) is 9.24. The van der Waals surface area contributed by atoms with Gasteiger partial charge in [-0.15, -0.1) is 11.3 Å². The summed E-state index contributed by atoms with van der Waals surface area (Å²) in [7, 11) is 0. The molecule has 3 heterocycles. The van der Waals surface area contributed by atoms with Gasteiger partial charge in [0.2, 0.25) is 5.91 Å². The molecule has 0 aliphatic heterocycles. The smallest absolute Gasteiger partial charge is 0.261 e. The van der Waals surface area contributed by atoms with Crippen molar-refractivity contribution in [3.63, 3.8) is 0 Å². The first-order valence-electron chi connectivity index (χ1n) is 8.37. The van der Waals surface area contributed by atoms with E-state index in [0.29, 0.717) is 10.7 Å². The highest BCUT2D eigenvalue weighted by atomic mass is 32.1. The van der Waals surface area contributed by atoms with Crippen LogP contribution < -0.4 is 10.6 Å². The number of rotatable bonds is 6. The van der Waals surface area contributed by atoms with Crippen molar-refractivity contribution in [1.82, 2.24) is 14.7 Å². The SMILES string of the molecule is O=C(NCCF)c1cc(-c2ccc3nc(NC(=O)C4CC4)cn3c2)cs1. The fourth-order valence-corrected chi connectivity index (χ4v) is 3.48. The Balaban J connectivity index is 1.54. The normalized spacial score (nSPS) is 13.7. The number of anilines is 1. The summed E-state index contributed by atoms with van der Waals surface area (Å²) < 4.78 is 14.0. The molecule has 1 saturated carbocycles. The average molecular weight is 372 g/mol. The van der Waals surface area contributed by atoms with E-state index in [1.165, 1.54) is 11.3 Å². The zero-order valence-electron chi connectivity index (χ0n) is 13.9. The summed E-state index contributed by atoms with van der Waals surface area (Å²) in [6.45, 7) is -0.566. The molecule has 26 heavy (non-hydrogen) atoms. The maximum Gasteiger partial charge on any atom is 0.261 e. The Morgan fingerprint density at radius 3 is 2.88 bits per heavy atom. The van der Waals surface area contributed by atoms with Gasteiger partial charge >= 0.3 is 0 Å². The van der Waals surface area contributed by atoms with Crippen molar-refractivity contribution in [2.45, 2.75) is 12.8 Å². The van der Waals surface area contributed by atoms with Crippen molar-refractivity contribution in [3.8, 4) is 11.1 Å². The first kappa shape index (κ1) is 16.7. The summed E-state index contributed by atoms with van der Waals surface area (Å²) in [6, 6.07) is 5.56. The molecule has 1 fully saturated rings. The van der Waals surface area contributed by atoms with Crippen molar-refractivity contribution < 1.29 is 14.0 Å². The molecule has 0 saturated heterocycles. The number of fused-ring (bicyclic) bond motifs is 1. The number of hydrogen-bond donors (Lipinski definition) is 2. The van der Waals surface area contributed by atoms with E-state index in [9.17, 15) is 14.0 Å². The standard InChI is InChI=1S/C18H17FN4O2S/c19-5-6-20-18(25)14-7-13(10-26-14)12-3-4-16-21-15(9-23(16)8-12)22-17(24)11-1-2-11/h3-4,7-11H,1-2,5-6H2,(H,20,25)(H,22,24). The van der Waals surface area contributed by atoms with E-state index in [0.717, 1.165) is 29.6 Å². The van der Waals surface area contributed by atoms with Gasteiger partial charge in [-0.3, -0.25) is 9.59 Å². The highest BCUT2D eigenvalue weighted by Crippen LogP contribution is 2.30. The molecule has 0 aromatic carbocycles. The molecule has 0 atom stereocenters. The molecule has 0 unspecified atom stereocenters. The fraction of sp³-hybridized carbons (Fsp3) is 0.278. The third-order valence-electron chi connectivity index (χ3n) is 4.19. The minimum Gasteiger partial charge on any atom is -0.349 e. The monoisotopic (exact) mass is 372 g/mol. The Bertz CT molecular complexity index is 977. The van der Waals surface area contributed by atoms with Crippen LogP contribution in [0.1, 0.15) is 22.5 Å². The Kier molecular flexibility index (Phi) is 4.42. The Morgan fingerprint density at radius 1 is 1.27 bits per heavy atom. The van der Waals surface area contributed by atoms with Crippen LogP contribution in [0.2, 0.25) is 0 Å². The molecule has 1 aliphatic carbocycles. The summed E-state index contributed by atoms with van der Waals surface area (Å²) >= 11 is 1.32. The van der Waals surface area contributed by atoms with Crippen molar-refractivity contribution in [3.05, 3.63) is 40.8 Å². The highest BCUT2D eigenvalue weighted by molar-refractivity contribution is 7.12. The van der Waals surface area contributed by atoms with Gasteiger partial charge in [-0.1, -0.05) is 0 Å². The Hall–Kier alpha value is -2.74. The summed E-state index contributed by atoms with van der Waals surface area (Å²) in [5.41, 5.74) is 2.56. The van der Waals surface area contributed by atoms with E-state index >= 15 is 0 Å². The second-order valence-corrected chi connectivity index (χ2v) is 7.13. The minimum atomic E-state index is -0.582. The van der Waals surface area contributed by atoms with Gasteiger partial charge < -0.3 is 15.0 Å². The second-order valence-electron chi connectivity index (χ2n) is 6.22. The predicted molar refractivity (Wildman–Crippen MR) is 98.2 cm³/mol. The number of aromatic nitrogens is 2. The van der Waals surface area contributed by atoms with Crippen molar-refractivity contribution in [1.29, 1.82) is 0 Å². The highest BCUT2D eigenvalue weighted by Gasteiger charge is 2.30. The van der Waals surface area contributed by atoms with Crippen LogP contribution in [0.15, 0.2) is 36.0 Å². The van der Waals surface area contributed by atoms with Crippen LogP contribution in [-0.4, -0.2) is 34.4 Å².